The van der Waals surface area contributed by atoms with Crippen LogP contribution in [0.15, 0.2) is 24.3 Å². The van der Waals surface area contributed by atoms with Crippen molar-refractivity contribution < 1.29 is 13.9 Å². The molecule has 0 spiro atoms. The highest BCUT2D eigenvalue weighted by molar-refractivity contribution is 5.77. The van der Waals surface area contributed by atoms with Crippen LogP contribution in [0.5, 0.6) is 5.75 Å². The third-order valence-electron chi connectivity index (χ3n) is 2.24. The summed E-state index contributed by atoms with van der Waals surface area (Å²) in [5, 5.41) is 2.78. The topological polar surface area (TPSA) is 38.3 Å². The summed E-state index contributed by atoms with van der Waals surface area (Å²) in [5.41, 5.74) is 0. The van der Waals surface area contributed by atoms with E-state index in [0.29, 0.717) is 12.3 Å². The summed E-state index contributed by atoms with van der Waals surface area (Å²) in [6.45, 7) is 5.96. The molecule has 1 aromatic rings. The average molecular weight is 239 g/mol. The van der Waals surface area contributed by atoms with Crippen molar-refractivity contribution in [3.8, 4) is 5.75 Å². The Kier molecular flexibility index (Phi) is 4.94. The van der Waals surface area contributed by atoms with Gasteiger partial charge < -0.3 is 10.1 Å². The molecule has 1 aromatic carbocycles. The van der Waals surface area contributed by atoms with Gasteiger partial charge in [-0.2, -0.15) is 0 Å². The molecule has 1 rings (SSSR count). The lowest BCUT2D eigenvalue weighted by Gasteiger charge is -2.16. The van der Waals surface area contributed by atoms with E-state index in [1.165, 1.54) is 12.1 Å². The molecule has 1 amide bonds. The fourth-order valence-corrected chi connectivity index (χ4v) is 1.24. The van der Waals surface area contributed by atoms with Crippen LogP contribution in [-0.2, 0) is 4.79 Å². The predicted octanol–water partition coefficient (Wildman–Crippen LogP) is 2.37. The Balaban J connectivity index is 2.37. The van der Waals surface area contributed by atoms with Crippen molar-refractivity contribution in [2.24, 2.45) is 5.92 Å². The van der Waals surface area contributed by atoms with Crippen LogP contribution >= 0.6 is 0 Å². The van der Waals surface area contributed by atoms with Crippen molar-refractivity contribution in [3.05, 3.63) is 30.1 Å². The minimum Gasteiger partial charge on any atom is -0.489 e. The largest absolute Gasteiger partial charge is 0.489 e. The second kappa shape index (κ2) is 6.23. The summed E-state index contributed by atoms with van der Waals surface area (Å²) in [5.74, 6) is 0.267. The molecule has 0 heterocycles. The van der Waals surface area contributed by atoms with Crippen molar-refractivity contribution >= 4 is 5.91 Å². The lowest BCUT2D eigenvalue weighted by Crippen LogP contribution is -2.35. The zero-order chi connectivity index (χ0) is 12.8. The van der Waals surface area contributed by atoms with Crippen LogP contribution in [0.25, 0.3) is 0 Å². The van der Waals surface area contributed by atoms with E-state index in [1.54, 1.807) is 12.1 Å². The molecule has 3 nitrogen and oxygen atoms in total. The van der Waals surface area contributed by atoms with Crippen LogP contribution in [-0.4, -0.2) is 18.6 Å². The van der Waals surface area contributed by atoms with E-state index in [9.17, 15) is 9.18 Å². The van der Waals surface area contributed by atoms with Crippen LogP contribution in [0.1, 0.15) is 20.8 Å². The highest BCUT2D eigenvalue weighted by Gasteiger charge is 2.09. The van der Waals surface area contributed by atoms with Crippen LogP contribution < -0.4 is 10.1 Å². The molecule has 0 saturated carbocycles. The highest BCUT2D eigenvalue weighted by Crippen LogP contribution is 2.12. The van der Waals surface area contributed by atoms with Gasteiger partial charge in [0, 0.05) is 5.92 Å². The number of hydrogen-bond acceptors (Lipinski definition) is 2. The maximum absolute atomic E-state index is 12.7. The number of benzene rings is 1. The lowest BCUT2D eigenvalue weighted by atomic mass is 10.2. The number of amides is 1. The third kappa shape index (κ3) is 4.85. The molecule has 0 aliphatic rings. The first-order valence-electron chi connectivity index (χ1n) is 5.69. The molecule has 1 N–H and O–H groups in total. The molecule has 0 radical (unpaired) electrons. The Hall–Kier alpha value is -1.58. The smallest absolute Gasteiger partial charge is 0.222 e. The van der Waals surface area contributed by atoms with E-state index in [1.807, 2.05) is 20.8 Å². The fraction of sp³-hybridized carbons (Fsp3) is 0.462. The van der Waals surface area contributed by atoms with Gasteiger partial charge in [-0.1, -0.05) is 13.8 Å². The van der Waals surface area contributed by atoms with E-state index in [4.69, 9.17) is 4.74 Å². The Morgan fingerprint density at radius 1 is 1.29 bits per heavy atom. The Morgan fingerprint density at radius 3 is 2.41 bits per heavy atom. The molecule has 4 heteroatoms. The van der Waals surface area contributed by atoms with Crippen LogP contribution in [0.2, 0.25) is 0 Å². The third-order valence-corrected chi connectivity index (χ3v) is 2.24. The maximum Gasteiger partial charge on any atom is 0.222 e. The van der Waals surface area contributed by atoms with E-state index in [2.05, 4.69) is 5.32 Å². The predicted molar refractivity (Wildman–Crippen MR) is 64.3 cm³/mol. The summed E-state index contributed by atoms with van der Waals surface area (Å²) in [6.07, 6.45) is -0.150. The van der Waals surface area contributed by atoms with E-state index >= 15 is 0 Å². The molecule has 1 atom stereocenters. The summed E-state index contributed by atoms with van der Waals surface area (Å²) in [6, 6.07) is 5.82. The summed E-state index contributed by atoms with van der Waals surface area (Å²) in [4.78, 5) is 11.3. The molecule has 0 unspecified atom stereocenters. The summed E-state index contributed by atoms with van der Waals surface area (Å²) >= 11 is 0. The van der Waals surface area contributed by atoms with Gasteiger partial charge in [0.15, 0.2) is 0 Å². The second-order valence-corrected chi connectivity index (χ2v) is 4.28. The first-order valence-corrected chi connectivity index (χ1v) is 5.69. The maximum atomic E-state index is 12.7. The monoisotopic (exact) mass is 239 g/mol. The summed E-state index contributed by atoms with van der Waals surface area (Å²) < 4.78 is 18.2. The molecule has 0 fully saturated rings. The molecule has 94 valence electrons. The van der Waals surface area contributed by atoms with Gasteiger partial charge >= 0.3 is 0 Å². The molecule has 0 saturated heterocycles. The normalized spacial score (nSPS) is 12.3. The standard InChI is InChI=1S/C13H18FNO2/c1-9(2)13(16)15-8-10(3)17-12-6-4-11(14)5-7-12/h4-7,9-10H,8H2,1-3H3,(H,15,16)/t10-/m0/s1. The van der Waals surface area contributed by atoms with Crippen LogP contribution in [0.4, 0.5) is 4.39 Å². The molecular formula is C13H18FNO2. The van der Waals surface area contributed by atoms with Gasteiger partial charge in [-0.25, -0.2) is 4.39 Å². The number of carbonyl (C=O) groups excluding carboxylic acids is 1. The molecule has 0 aromatic heterocycles. The molecule has 0 bridgehead atoms. The number of carbonyl (C=O) groups is 1. The van der Waals surface area contributed by atoms with Gasteiger partial charge in [0.05, 0.1) is 6.54 Å². The van der Waals surface area contributed by atoms with Crippen molar-refractivity contribution in [1.82, 2.24) is 5.32 Å². The first-order chi connectivity index (χ1) is 7.99. The van der Waals surface area contributed by atoms with Gasteiger partial charge in [0.2, 0.25) is 5.91 Å². The van der Waals surface area contributed by atoms with Crippen molar-refractivity contribution in [2.75, 3.05) is 6.54 Å². The Bertz CT molecular complexity index is 362. The van der Waals surface area contributed by atoms with E-state index in [0.717, 1.165) is 0 Å². The minimum absolute atomic E-state index is 0.000411. The van der Waals surface area contributed by atoms with Crippen molar-refractivity contribution in [2.45, 2.75) is 26.9 Å². The molecule has 17 heavy (non-hydrogen) atoms. The van der Waals surface area contributed by atoms with Crippen molar-refractivity contribution in [3.63, 3.8) is 0 Å². The average Bonchev–Trinajstić information content (AvgIpc) is 2.29. The van der Waals surface area contributed by atoms with Gasteiger partial charge in [0.1, 0.15) is 17.7 Å². The molecule has 0 aliphatic heterocycles. The number of halogens is 1. The van der Waals surface area contributed by atoms with Crippen LogP contribution in [0, 0.1) is 11.7 Å². The Labute approximate surface area is 101 Å². The summed E-state index contributed by atoms with van der Waals surface area (Å²) in [7, 11) is 0. The van der Waals surface area contributed by atoms with Gasteiger partial charge in [-0.15, -0.1) is 0 Å². The second-order valence-electron chi connectivity index (χ2n) is 4.28. The lowest BCUT2D eigenvalue weighted by molar-refractivity contribution is -0.124. The van der Waals surface area contributed by atoms with Crippen molar-refractivity contribution in [1.29, 1.82) is 0 Å². The number of hydrogen-bond donors (Lipinski definition) is 1. The van der Waals surface area contributed by atoms with Gasteiger partial charge in [-0.05, 0) is 31.2 Å². The van der Waals surface area contributed by atoms with E-state index in [-0.39, 0.29) is 23.7 Å². The van der Waals surface area contributed by atoms with E-state index < -0.39 is 0 Å². The Morgan fingerprint density at radius 2 is 1.88 bits per heavy atom. The minimum atomic E-state index is -0.293. The quantitative estimate of drug-likeness (QED) is 0.856. The van der Waals surface area contributed by atoms with Crippen LogP contribution in [0.3, 0.4) is 0 Å². The zero-order valence-electron chi connectivity index (χ0n) is 10.4. The fourth-order valence-electron chi connectivity index (χ4n) is 1.24. The molecule has 0 aliphatic carbocycles. The number of ether oxygens (including phenoxy) is 1. The van der Waals surface area contributed by atoms with Gasteiger partial charge in [-0.3, -0.25) is 4.79 Å². The molecular weight excluding hydrogens is 221 g/mol. The number of nitrogens with one attached hydrogen (secondary N) is 1. The highest BCUT2D eigenvalue weighted by atomic mass is 19.1. The van der Waals surface area contributed by atoms with Gasteiger partial charge in [0.25, 0.3) is 0 Å². The number of rotatable bonds is 5. The zero-order valence-corrected chi connectivity index (χ0v) is 10.4. The first kappa shape index (κ1) is 13.5. The SMILES string of the molecule is CC(C)C(=O)NC[C@H](C)Oc1ccc(F)cc1.